The second-order valence-corrected chi connectivity index (χ2v) is 4.75. The standard InChI is InChI=1S/C14H22FNO2/c1-10(2)13(17)6-7-16-9-11-4-5-14(18-3)12(15)8-11/h4-5,8,10,13,16-17H,6-7,9H2,1-3H3. The zero-order valence-electron chi connectivity index (χ0n) is 11.2. The van der Waals surface area contributed by atoms with Crippen molar-refractivity contribution in [2.75, 3.05) is 13.7 Å². The Morgan fingerprint density at radius 3 is 2.67 bits per heavy atom. The second-order valence-electron chi connectivity index (χ2n) is 4.75. The molecule has 1 aromatic carbocycles. The third-order valence-corrected chi connectivity index (χ3v) is 2.93. The van der Waals surface area contributed by atoms with Crippen LogP contribution in [0.5, 0.6) is 5.75 Å². The lowest BCUT2D eigenvalue weighted by Gasteiger charge is -2.14. The Kier molecular flexibility index (Phi) is 6.09. The number of rotatable bonds is 7. The van der Waals surface area contributed by atoms with Crippen LogP contribution in [0.25, 0.3) is 0 Å². The van der Waals surface area contributed by atoms with E-state index < -0.39 is 0 Å². The number of hydrogen-bond acceptors (Lipinski definition) is 3. The maximum Gasteiger partial charge on any atom is 0.165 e. The van der Waals surface area contributed by atoms with Crippen molar-refractivity contribution in [3.8, 4) is 5.75 Å². The normalized spacial score (nSPS) is 12.8. The number of ether oxygens (including phenoxy) is 1. The van der Waals surface area contributed by atoms with Crippen LogP contribution in [0.2, 0.25) is 0 Å². The van der Waals surface area contributed by atoms with Crippen LogP contribution < -0.4 is 10.1 Å². The van der Waals surface area contributed by atoms with Gasteiger partial charge in [-0.15, -0.1) is 0 Å². The van der Waals surface area contributed by atoms with E-state index in [1.54, 1.807) is 6.07 Å². The lowest BCUT2D eigenvalue weighted by molar-refractivity contribution is 0.116. The van der Waals surface area contributed by atoms with Crippen molar-refractivity contribution in [2.24, 2.45) is 5.92 Å². The molecule has 1 aromatic rings. The molecule has 0 fully saturated rings. The topological polar surface area (TPSA) is 41.5 Å². The van der Waals surface area contributed by atoms with Crippen molar-refractivity contribution in [2.45, 2.75) is 32.9 Å². The third-order valence-electron chi connectivity index (χ3n) is 2.93. The monoisotopic (exact) mass is 255 g/mol. The van der Waals surface area contributed by atoms with Crippen molar-refractivity contribution in [3.63, 3.8) is 0 Å². The molecule has 1 rings (SSSR count). The minimum Gasteiger partial charge on any atom is -0.494 e. The van der Waals surface area contributed by atoms with Gasteiger partial charge >= 0.3 is 0 Å². The summed E-state index contributed by atoms with van der Waals surface area (Å²) < 4.78 is 18.3. The van der Waals surface area contributed by atoms with Crippen LogP contribution in [-0.2, 0) is 6.54 Å². The highest BCUT2D eigenvalue weighted by atomic mass is 19.1. The predicted molar refractivity (Wildman–Crippen MR) is 70.1 cm³/mol. The van der Waals surface area contributed by atoms with Gasteiger partial charge in [0.1, 0.15) is 0 Å². The summed E-state index contributed by atoms with van der Waals surface area (Å²) in [6.45, 7) is 5.28. The smallest absolute Gasteiger partial charge is 0.165 e. The Hall–Kier alpha value is -1.13. The highest BCUT2D eigenvalue weighted by Gasteiger charge is 2.08. The average molecular weight is 255 g/mol. The molecule has 0 saturated carbocycles. The molecule has 102 valence electrons. The van der Waals surface area contributed by atoms with Crippen LogP contribution in [-0.4, -0.2) is 24.9 Å². The number of benzene rings is 1. The molecular formula is C14H22FNO2. The summed E-state index contributed by atoms with van der Waals surface area (Å²) in [7, 11) is 1.45. The number of methoxy groups -OCH3 is 1. The largest absolute Gasteiger partial charge is 0.494 e. The first-order valence-corrected chi connectivity index (χ1v) is 6.25. The molecule has 18 heavy (non-hydrogen) atoms. The van der Waals surface area contributed by atoms with Gasteiger partial charge in [-0.1, -0.05) is 19.9 Å². The first-order chi connectivity index (χ1) is 8.54. The number of hydrogen-bond donors (Lipinski definition) is 2. The third kappa shape index (κ3) is 4.63. The quantitative estimate of drug-likeness (QED) is 0.735. The number of aliphatic hydroxyl groups excluding tert-OH is 1. The van der Waals surface area contributed by atoms with Crippen LogP contribution in [0.4, 0.5) is 4.39 Å². The number of nitrogens with one attached hydrogen (secondary N) is 1. The molecule has 0 amide bonds. The maximum atomic E-state index is 13.4. The molecule has 2 N–H and O–H groups in total. The Labute approximate surface area is 108 Å². The van der Waals surface area contributed by atoms with E-state index in [1.807, 2.05) is 19.9 Å². The van der Waals surface area contributed by atoms with E-state index >= 15 is 0 Å². The summed E-state index contributed by atoms with van der Waals surface area (Å²) in [5, 5.41) is 12.8. The van der Waals surface area contributed by atoms with Gasteiger partial charge < -0.3 is 15.2 Å². The van der Waals surface area contributed by atoms with E-state index in [9.17, 15) is 9.50 Å². The van der Waals surface area contributed by atoms with Gasteiger partial charge in [-0.3, -0.25) is 0 Å². The van der Waals surface area contributed by atoms with Gasteiger partial charge in [-0.05, 0) is 36.6 Å². The van der Waals surface area contributed by atoms with Gasteiger partial charge in [-0.2, -0.15) is 0 Å². The van der Waals surface area contributed by atoms with Crippen molar-refractivity contribution in [1.29, 1.82) is 0 Å². The lowest BCUT2D eigenvalue weighted by atomic mass is 10.0. The van der Waals surface area contributed by atoms with E-state index in [4.69, 9.17) is 4.74 Å². The fraction of sp³-hybridized carbons (Fsp3) is 0.571. The molecule has 0 heterocycles. The SMILES string of the molecule is COc1ccc(CNCCC(O)C(C)C)cc1F. The Balaban J connectivity index is 2.33. The molecule has 0 saturated heterocycles. The van der Waals surface area contributed by atoms with Crippen LogP contribution >= 0.6 is 0 Å². The molecule has 0 aliphatic rings. The fourth-order valence-electron chi connectivity index (χ4n) is 1.64. The molecule has 0 spiro atoms. The van der Waals surface area contributed by atoms with E-state index in [0.29, 0.717) is 19.5 Å². The summed E-state index contributed by atoms with van der Waals surface area (Å²) in [5.41, 5.74) is 0.868. The van der Waals surface area contributed by atoms with E-state index in [2.05, 4.69) is 5.32 Å². The summed E-state index contributed by atoms with van der Waals surface area (Å²) in [6.07, 6.45) is 0.418. The zero-order chi connectivity index (χ0) is 13.5. The van der Waals surface area contributed by atoms with Crippen molar-refractivity contribution >= 4 is 0 Å². The summed E-state index contributed by atoms with van der Waals surface area (Å²) in [6, 6.07) is 4.91. The first kappa shape index (κ1) is 14.9. The molecule has 1 atom stereocenters. The minimum atomic E-state index is -0.348. The highest BCUT2D eigenvalue weighted by molar-refractivity contribution is 5.29. The van der Waals surface area contributed by atoms with Crippen LogP contribution in [0, 0.1) is 11.7 Å². The molecule has 0 radical (unpaired) electrons. The molecule has 0 aromatic heterocycles. The van der Waals surface area contributed by atoms with Crippen molar-refractivity contribution in [3.05, 3.63) is 29.6 Å². The highest BCUT2D eigenvalue weighted by Crippen LogP contribution is 2.17. The van der Waals surface area contributed by atoms with Gasteiger partial charge in [0.05, 0.1) is 13.2 Å². The van der Waals surface area contributed by atoms with Gasteiger partial charge in [-0.25, -0.2) is 4.39 Å². The van der Waals surface area contributed by atoms with Gasteiger partial charge in [0, 0.05) is 6.54 Å². The number of halogens is 1. The fourth-order valence-corrected chi connectivity index (χ4v) is 1.64. The molecule has 4 heteroatoms. The molecule has 0 aliphatic carbocycles. The van der Waals surface area contributed by atoms with Gasteiger partial charge in [0.15, 0.2) is 11.6 Å². The Bertz CT molecular complexity index is 369. The minimum absolute atomic E-state index is 0.258. The van der Waals surface area contributed by atoms with E-state index in [0.717, 1.165) is 5.56 Å². The summed E-state index contributed by atoms with van der Waals surface area (Å²) in [4.78, 5) is 0. The van der Waals surface area contributed by atoms with Crippen LogP contribution in [0.3, 0.4) is 0 Å². The molecule has 0 bridgehead atoms. The average Bonchev–Trinajstić information content (AvgIpc) is 2.34. The molecular weight excluding hydrogens is 233 g/mol. The summed E-state index contributed by atoms with van der Waals surface area (Å²) in [5.74, 6) is 0.179. The Morgan fingerprint density at radius 1 is 1.39 bits per heavy atom. The molecule has 3 nitrogen and oxygen atoms in total. The van der Waals surface area contributed by atoms with E-state index in [-0.39, 0.29) is 23.6 Å². The number of aliphatic hydroxyl groups is 1. The van der Waals surface area contributed by atoms with Crippen LogP contribution in [0.15, 0.2) is 18.2 Å². The zero-order valence-corrected chi connectivity index (χ0v) is 11.2. The maximum absolute atomic E-state index is 13.4. The van der Waals surface area contributed by atoms with Gasteiger partial charge in [0.25, 0.3) is 0 Å². The van der Waals surface area contributed by atoms with Crippen LogP contribution in [0.1, 0.15) is 25.8 Å². The van der Waals surface area contributed by atoms with Crippen molar-refractivity contribution < 1.29 is 14.2 Å². The van der Waals surface area contributed by atoms with E-state index in [1.165, 1.54) is 13.2 Å². The second kappa shape index (κ2) is 7.34. The van der Waals surface area contributed by atoms with Crippen molar-refractivity contribution in [1.82, 2.24) is 5.32 Å². The molecule has 0 aliphatic heterocycles. The van der Waals surface area contributed by atoms with Gasteiger partial charge in [0.2, 0.25) is 0 Å². The first-order valence-electron chi connectivity index (χ1n) is 6.25. The Morgan fingerprint density at radius 2 is 2.11 bits per heavy atom. The summed E-state index contributed by atoms with van der Waals surface area (Å²) >= 11 is 0. The predicted octanol–water partition coefficient (Wildman–Crippen LogP) is 2.33. The molecule has 1 unspecified atom stereocenters. The lowest BCUT2D eigenvalue weighted by Crippen LogP contribution is -2.23.